The van der Waals surface area contributed by atoms with E-state index in [2.05, 4.69) is 55.9 Å². The van der Waals surface area contributed by atoms with E-state index in [1.165, 1.54) is 32.1 Å². The van der Waals surface area contributed by atoms with Crippen LogP contribution < -0.4 is 5.56 Å². The first-order valence-corrected chi connectivity index (χ1v) is 16.6. The monoisotopic (exact) mass is 499 g/mol. The molecule has 1 saturated carbocycles. The first kappa shape index (κ1) is 23.6. The second-order valence-corrected chi connectivity index (χ2v) is 17.1. The molecular weight excluding hydrogens is 470 g/mol. The Morgan fingerprint density at radius 1 is 1.14 bits per heavy atom. The van der Waals surface area contributed by atoms with Gasteiger partial charge in [-0.05, 0) is 58.7 Å². The third kappa shape index (κ3) is 4.71. The van der Waals surface area contributed by atoms with Crippen molar-refractivity contribution in [3.8, 4) is 12.3 Å². The van der Waals surface area contributed by atoms with E-state index in [1.807, 2.05) is 12.1 Å². The Balaban J connectivity index is 1.61. The number of carbonyl (C=O) groups excluding carboxylic acids is 1. The molecule has 0 N–H and O–H groups in total. The number of esters is 1. The summed E-state index contributed by atoms with van der Waals surface area (Å²) in [5.74, 6) is 2.52. The molecule has 1 aliphatic rings. The van der Waals surface area contributed by atoms with Crippen molar-refractivity contribution in [1.82, 2.24) is 4.40 Å². The van der Waals surface area contributed by atoms with Gasteiger partial charge in [0.15, 0.2) is 5.69 Å². The van der Waals surface area contributed by atoms with Crippen LogP contribution in [0.2, 0.25) is 25.7 Å². The molecule has 4 nitrogen and oxygen atoms in total. The number of terminal acetylenes is 1. The van der Waals surface area contributed by atoms with Crippen molar-refractivity contribution in [3.05, 3.63) is 86.1 Å². The van der Waals surface area contributed by atoms with Crippen LogP contribution >= 0.6 is 11.3 Å². The van der Waals surface area contributed by atoms with Crippen molar-refractivity contribution in [3.63, 3.8) is 0 Å². The molecule has 0 radical (unpaired) electrons. The topological polar surface area (TPSA) is 47.8 Å². The largest absolute Gasteiger partial charge is 0.461 e. The Labute approximate surface area is 210 Å². The summed E-state index contributed by atoms with van der Waals surface area (Å²) in [6.45, 7) is 7.05. The van der Waals surface area contributed by atoms with E-state index in [4.69, 9.17) is 11.2 Å². The normalized spacial score (nSPS) is 13.8. The lowest BCUT2D eigenvalue weighted by atomic mass is 9.95. The fourth-order valence-electron chi connectivity index (χ4n) is 4.62. The van der Waals surface area contributed by atoms with Gasteiger partial charge >= 0.3 is 5.97 Å². The van der Waals surface area contributed by atoms with Crippen LogP contribution in [0.4, 0.5) is 0 Å². The molecule has 0 bridgehead atoms. The summed E-state index contributed by atoms with van der Waals surface area (Å²) in [5, 5.41) is 2.38. The van der Waals surface area contributed by atoms with E-state index >= 15 is 0 Å². The Bertz CT molecular complexity index is 1540. The van der Waals surface area contributed by atoms with Gasteiger partial charge in [0.1, 0.15) is 9.71 Å². The zero-order valence-electron chi connectivity index (χ0n) is 20.4. The SMILES string of the molecule is C#Cc1sc2c(C3CC3)c(Cc3cccc4ccccc34)cc(=O)n2c1C(=O)OCC[Si](C)(C)C. The van der Waals surface area contributed by atoms with E-state index in [1.54, 1.807) is 6.07 Å². The number of hydrogen-bond acceptors (Lipinski definition) is 4. The van der Waals surface area contributed by atoms with Crippen LogP contribution in [0.15, 0.2) is 53.3 Å². The third-order valence-corrected chi connectivity index (χ3v) is 9.41. The summed E-state index contributed by atoms with van der Waals surface area (Å²) in [6, 6.07) is 17.2. The zero-order valence-corrected chi connectivity index (χ0v) is 22.2. The first-order chi connectivity index (χ1) is 16.8. The molecule has 0 saturated heterocycles. The van der Waals surface area contributed by atoms with Gasteiger partial charge in [-0.15, -0.1) is 17.8 Å². The fraction of sp³-hybridized carbons (Fsp3) is 0.310. The number of rotatable bonds is 7. The number of benzene rings is 2. The van der Waals surface area contributed by atoms with Crippen LogP contribution in [0.3, 0.4) is 0 Å². The van der Waals surface area contributed by atoms with Gasteiger partial charge in [0.25, 0.3) is 5.56 Å². The highest BCUT2D eigenvalue weighted by Gasteiger charge is 2.32. The minimum atomic E-state index is -1.36. The van der Waals surface area contributed by atoms with Crippen LogP contribution in [0.5, 0.6) is 0 Å². The molecule has 4 aromatic rings. The molecule has 0 atom stereocenters. The van der Waals surface area contributed by atoms with Crippen LogP contribution in [0.25, 0.3) is 15.6 Å². The lowest BCUT2D eigenvalue weighted by molar-refractivity contribution is 0.0516. The molecule has 0 spiro atoms. The van der Waals surface area contributed by atoms with E-state index in [0.717, 1.165) is 34.8 Å². The summed E-state index contributed by atoms with van der Waals surface area (Å²) >= 11 is 1.36. The number of pyridine rings is 1. The minimum absolute atomic E-state index is 0.201. The van der Waals surface area contributed by atoms with Crippen molar-refractivity contribution in [2.45, 2.75) is 50.9 Å². The average Bonchev–Trinajstić information content (AvgIpc) is 3.57. The predicted octanol–water partition coefficient (Wildman–Crippen LogP) is 6.46. The third-order valence-electron chi connectivity index (χ3n) is 6.59. The fourth-order valence-corrected chi connectivity index (χ4v) is 6.53. The number of ether oxygens (including phenoxy) is 1. The maximum absolute atomic E-state index is 13.4. The molecule has 2 aromatic carbocycles. The van der Waals surface area contributed by atoms with E-state index in [-0.39, 0.29) is 11.3 Å². The van der Waals surface area contributed by atoms with Crippen molar-refractivity contribution in [2.75, 3.05) is 6.61 Å². The van der Waals surface area contributed by atoms with Gasteiger partial charge in [-0.3, -0.25) is 9.20 Å². The Morgan fingerprint density at radius 3 is 2.60 bits per heavy atom. The molecule has 5 rings (SSSR count). The number of aromatic nitrogens is 1. The van der Waals surface area contributed by atoms with Crippen LogP contribution in [-0.4, -0.2) is 25.1 Å². The van der Waals surface area contributed by atoms with Crippen molar-refractivity contribution in [1.29, 1.82) is 0 Å². The van der Waals surface area contributed by atoms with Gasteiger partial charge in [0, 0.05) is 14.1 Å². The highest BCUT2D eigenvalue weighted by Crippen LogP contribution is 2.46. The van der Waals surface area contributed by atoms with Gasteiger partial charge in [-0.25, -0.2) is 4.79 Å². The number of thiazole rings is 1. The molecule has 0 amide bonds. The highest BCUT2D eigenvalue weighted by molar-refractivity contribution is 7.18. The van der Waals surface area contributed by atoms with Crippen molar-refractivity contribution < 1.29 is 9.53 Å². The van der Waals surface area contributed by atoms with Gasteiger partial charge in [0.2, 0.25) is 0 Å². The van der Waals surface area contributed by atoms with Crippen LogP contribution in [0, 0.1) is 12.3 Å². The quantitative estimate of drug-likeness (QED) is 0.167. The second kappa shape index (κ2) is 9.14. The van der Waals surface area contributed by atoms with Crippen molar-refractivity contribution >= 4 is 41.0 Å². The average molecular weight is 500 g/mol. The first-order valence-electron chi connectivity index (χ1n) is 12.1. The molecule has 2 heterocycles. The van der Waals surface area contributed by atoms with Crippen molar-refractivity contribution in [2.24, 2.45) is 0 Å². The maximum Gasteiger partial charge on any atom is 0.357 e. The number of carbonyl (C=O) groups is 1. The summed E-state index contributed by atoms with van der Waals surface area (Å²) < 4.78 is 7.12. The molecule has 0 aliphatic heterocycles. The minimum Gasteiger partial charge on any atom is -0.461 e. The van der Waals surface area contributed by atoms with E-state index < -0.39 is 14.0 Å². The molecule has 178 valence electrons. The Hall–Kier alpha value is -3.14. The summed E-state index contributed by atoms with van der Waals surface area (Å²) in [4.78, 5) is 27.8. The van der Waals surface area contributed by atoms with Gasteiger partial charge in [-0.2, -0.15) is 0 Å². The predicted molar refractivity (Wildman–Crippen MR) is 147 cm³/mol. The zero-order chi connectivity index (χ0) is 24.7. The number of hydrogen-bond donors (Lipinski definition) is 0. The molecule has 6 heteroatoms. The summed E-state index contributed by atoms with van der Waals surface area (Å²) in [5.41, 5.74) is 3.34. The molecule has 1 aliphatic carbocycles. The molecule has 0 unspecified atom stereocenters. The Morgan fingerprint density at radius 2 is 1.89 bits per heavy atom. The molecule has 35 heavy (non-hydrogen) atoms. The van der Waals surface area contributed by atoms with E-state index in [9.17, 15) is 9.59 Å². The highest BCUT2D eigenvalue weighted by atomic mass is 32.1. The standard InChI is InChI=1S/C29H29NO3SSi/c1-5-24-27(29(32)33-15-16-35(2,3)4)30-25(31)18-22(26(20-13-14-20)28(30)34-24)17-21-11-8-10-19-9-6-7-12-23(19)21/h1,6-12,18,20H,13-17H2,2-4H3. The van der Waals surface area contributed by atoms with E-state index in [0.29, 0.717) is 23.8 Å². The lowest BCUT2D eigenvalue weighted by Crippen LogP contribution is -2.24. The molecular formula is C29H29NO3SSi. The smallest absolute Gasteiger partial charge is 0.357 e. The summed E-state index contributed by atoms with van der Waals surface area (Å²) in [7, 11) is -1.36. The number of nitrogens with zero attached hydrogens (tertiary/aromatic N) is 1. The molecule has 2 aromatic heterocycles. The Kier molecular flexibility index (Phi) is 6.16. The molecule has 1 fully saturated rings. The lowest BCUT2D eigenvalue weighted by Gasteiger charge is -2.15. The van der Waals surface area contributed by atoms with Gasteiger partial charge in [0.05, 0.1) is 6.61 Å². The number of fused-ring (bicyclic) bond motifs is 2. The maximum atomic E-state index is 13.4. The second-order valence-electron chi connectivity index (χ2n) is 10.5. The van der Waals surface area contributed by atoms with Crippen LogP contribution in [0.1, 0.15) is 50.8 Å². The van der Waals surface area contributed by atoms with Crippen LogP contribution in [-0.2, 0) is 11.2 Å². The summed E-state index contributed by atoms with van der Waals surface area (Å²) in [6.07, 6.45) is 8.63. The van der Waals surface area contributed by atoms with Gasteiger partial charge < -0.3 is 4.74 Å². The van der Waals surface area contributed by atoms with Gasteiger partial charge in [-0.1, -0.05) is 68.0 Å².